The molecule has 0 aliphatic heterocycles. The zero-order valence-electron chi connectivity index (χ0n) is 13.0. The Morgan fingerprint density at radius 3 is 2.71 bits per heavy atom. The van der Waals surface area contributed by atoms with E-state index in [-0.39, 0.29) is 11.7 Å². The summed E-state index contributed by atoms with van der Waals surface area (Å²) in [7, 11) is 0. The second-order valence-corrected chi connectivity index (χ2v) is 6.79. The zero-order valence-corrected chi connectivity index (χ0v) is 13.8. The first-order valence-electron chi connectivity index (χ1n) is 7.55. The number of anilines is 1. The van der Waals surface area contributed by atoms with E-state index in [1.807, 2.05) is 6.07 Å². The molecule has 3 amide bonds. The summed E-state index contributed by atoms with van der Waals surface area (Å²) in [6, 6.07) is 8.40. The predicted molar refractivity (Wildman–Crippen MR) is 90.0 cm³/mol. The van der Waals surface area contributed by atoms with Crippen molar-refractivity contribution >= 4 is 29.4 Å². The summed E-state index contributed by atoms with van der Waals surface area (Å²) < 4.78 is 1.57. The van der Waals surface area contributed by atoms with Crippen molar-refractivity contribution in [3.8, 4) is 0 Å². The average Bonchev–Trinajstić information content (AvgIpc) is 3.32. The van der Waals surface area contributed by atoms with Crippen molar-refractivity contribution in [2.24, 2.45) is 0 Å². The minimum Gasteiger partial charge on any atom is -0.308 e. The maximum atomic E-state index is 12.1. The highest BCUT2D eigenvalue weighted by atomic mass is 32.2. The number of imide groups is 1. The van der Waals surface area contributed by atoms with E-state index in [0.717, 1.165) is 24.6 Å². The number of urea groups is 1. The van der Waals surface area contributed by atoms with E-state index < -0.39 is 17.2 Å². The van der Waals surface area contributed by atoms with Gasteiger partial charge in [0.25, 0.3) is 0 Å². The van der Waals surface area contributed by atoms with Gasteiger partial charge in [0.2, 0.25) is 5.91 Å². The Balaban J connectivity index is 1.57. The predicted octanol–water partition coefficient (Wildman–Crippen LogP) is 1.74. The van der Waals surface area contributed by atoms with E-state index in [4.69, 9.17) is 0 Å². The Hall–Kier alpha value is -2.55. The Bertz CT molecular complexity index is 797. The molecule has 1 aliphatic carbocycles. The molecule has 1 aromatic heterocycles. The SMILES string of the molecule is CC(Sc1n[nH]c(=O)n1C1CC1)C(=O)NC(=O)Nc1ccccc1. The third-order valence-electron chi connectivity index (χ3n) is 3.50. The normalized spacial score (nSPS) is 14.9. The average molecular weight is 347 g/mol. The number of carbonyl (C=O) groups is 2. The zero-order chi connectivity index (χ0) is 17.1. The highest BCUT2D eigenvalue weighted by molar-refractivity contribution is 8.00. The molecule has 126 valence electrons. The van der Waals surface area contributed by atoms with Gasteiger partial charge in [-0.25, -0.2) is 14.7 Å². The molecule has 24 heavy (non-hydrogen) atoms. The van der Waals surface area contributed by atoms with Crippen LogP contribution in [0.3, 0.4) is 0 Å². The molecule has 3 rings (SSSR count). The molecule has 0 spiro atoms. The molecule has 1 aromatic carbocycles. The Labute approximate surface area is 142 Å². The molecular formula is C15H17N5O3S. The topological polar surface area (TPSA) is 109 Å². The lowest BCUT2D eigenvalue weighted by Crippen LogP contribution is -2.39. The highest BCUT2D eigenvalue weighted by Gasteiger charge is 2.30. The van der Waals surface area contributed by atoms with Gasteiger partial charge in [0.1, 0.15) is 0 Å². The van der Waals surface area contributed by atoms with Crippen LogP contribution < -0.4 is 16.3 Å². The molecule has 1 unspecified atom stereocenters. The maximum absolute atomic E-state index is 12.1. The van der Waals surface area contributed by atoms with Gasteiger partial charge >= 0.3 is 11.7 Å². The van der Waals surface area contributed by atoms with Gasteiger partial charge in [0, 0.05) is 11.7 Å². The minimum atomic E-state index is -0.597. The maximum Gasteiger partial charge on any atom is 0.344 e. The van der Waals surface area contributed by atoms with Crippen molar-refractivity contribution in [2.45, 2.75) is 36.2 Å². The van der Waals surface area contributed by atoms with Crippen LogP contribution in [-0.4, -0.2) is 32.0 Å². The number of H-pyrrole nitrogens is 1. The molecule has 1 fully saturated rings. The quantitative estimate of drug-likeness (QED) is 0.714. The number of nitrogens with one attached hydrogen (secondary N) is 3. The summed E-state index contributed by atoms with van der Waals surface area (Å²) in [5.74, 6) is -0.453. The largest absolute Gasteiger partial charge is 0.344 e. The Morgan fingerprint density at radius 1 is 1.33 bits per heavy atom. The van der Waals surface area contributed by atoms with Crippen molar-refractivity contribution in [1.82, 2.24) is 20.1 Å². The summed E-state index contributed by atoms with van der Waals surface area (Å²) in [4.78, 5) is 35.7. The number of hydrogen-bond acceptors (Lipinski definition) is 5. The number of benzene rings is 1. The first-order valence-corrected chi connectivity index (χ1v) is 8.43. The van der Waals surface area contributed by atoms with E-state index in [0.29, 0.717) is 10.8 Å². The lowest BCUT2D eigenvalue weighted by Gasteiger charge is -2.11. The van der Waals surface area contributed by atoms with Crippen LogP contribution in [0.15, 0.2) is 40.3 Å². The molecular weight excluding hydrogens is 330 g/mol. The molecule has 0 bridgehead atoms. The van der Waals surface area contributed by atoms with Crippen molar-refractivity contribution in [3.05, 3.63) is 40.8 Å². The summed E-state index contributed by atoms with van der Waals surface area (Å²) in [5.41, 5.74) is 0.326. The van der Waals surface area contributed by atoms with Gasteiger partial charge < -0.3 is 5.32 Å². The van der Waals surface area contributed by atoms with Gasteiger partial charge in [-0.15, -0.1) is 5.10 Å². The van der Waals surface area contributed by atoms with E-state index >= 15 is 0 Å². The van der Waals surface area contributed by atoms with Crippen molar-refractivity contribution in [1.29, 1.82) is 0 Å². The smallest absolute Gasteiger partial charge is 0.308 e. The van der Waals surface area contributed by atoms with Crippen LogP contribution in [0.4, 0.5) is 10.5 Å². The fourth-order valence-corrected chi connectivity index (χ4v) is 3.06. The van der Waals surface area contributed by atoms with E-state index in [1.165, 1.54) is 0 Å². The van der Waals surface area contributed by atoms with Crippen LogP contribution >= 0.6 is 11.8 Å². The number of aromatic amines is 1. The molecule has 9 heteroatoms. The van der Waals surface area contributed by atoms with E-state index in [1.54, 1.807) is 35.8 Å². The number of rotatable bonds is 5. The van der Waals surface area contributed by atoms with Crippen LogP contribution in [0.25, 0.3) is 0 Å². The third kappa shape index (κ3) is 3.85. The summed E-state index contributed by atoms with van der Waals surface area (Å²) in [6.45, 7) is 1.66. The van der Waals surface area contributed by atoms with E-state index in [2.05, 4.69) is 20.8 Å². The standard InChI is InChI=1S/C15H17N5O3S/c1-9(24-15-19-18-14(23)20(15)11-7-8-11)12(21)17-13(22)16-10-5-3-2-4-6-10/h2-6,9,11H,7-8H2,1H3,(H,18,23)(H2,16,17,21,22). The monoisotopic (exact) mass is 347 g/mol. The lowest BCUT2D eigenvalue weighted by molar-refractivity contribution is -0.119. The van der Waals surface area contributed by atoms with Gasteiger partial charge in [-0.2, -0.15) is 0 Å². The summed E-state index contributed by atoms with van der Waals surface area (Å²) in [5, 5.41) is 11.1. The first-order chi connectivity index (χ1) is 11.5. The Kier molecular flexibility index (Phi) is 4.70. The Morgan fingerprint density at radius 2 is 2.04 bits per heavy atom. The van der Waals surface area contributed by atoms with Gasteiger partial charge in [0.15, 0.2) is 5.16 Å². The van der Waals surface area contributed by atoms with Gasteiger partial charge in [-0.05, 0) is 31.9 Å². The number of thioether (sulfide) groups is 1. The third-order valence-corrected chi connectivity index (χ3v) is 4.57. The number of nitrogens with zero attached hydrogens (tertiary/aromatic N) is 2. The van der Waals surface area contributed by atoms with Gasteiger partial charge in [-0.1, -0.05) is 30.0 Å². The molecule has 0 saturated heterocycles. The van der Waals surface area contributed by atoms with Crippen molar-refractivity contribution in [3.63, 3.8) is 0 Å². The number of carbonyl (C=O) groups excluding carboxylic acids is 2. The van der Waals surface area contributed by atoms with Gasteiger partial charge in [-0.3, -0.25) is 14.7 Å². The summed E-state index contributed by atoms with van der Waals surface area (Å²) >= 11 is 1.14. The van der Waals surface area contributed by atoms with Crippen molar-refractivity contribution in [2.75, 3.05) is 5.32 Å². The molecule has 1 aliphatic rings. The number of amides is 3. The molecule has 1 heterocycles. The molecule has 0 radical (unpaired) electrons. The summed E-state index contributed by atoms with van der Waals surface area (Å²) in [6.07, 6.45) is 1.88. The first kappa shape index (κ1) is 16.3. The molecule has 1 atom stereocenters. The van der Waals surface area contributed by atoms with Gasteiger partial charge in [0.05, 0.1) is 5.25 Å². The van der Waals surface area contributed by atoms with Crippen LogP contribution in [-0.2, 0) is 4.79 Å². The lowest BCUT2D eigenvalue weighted by atomic mass is 10.3. The van der Waals surface area contributed by atoms with Crippen LogP contribution in [0, 0.1) is 0 Å². The number of hydrogen-bond donors (Lipinski definition) is 3. The highest BCUT2D eigenvalue weighted by Crippen LogP contribution is 2.36. The molecule has 8 nitrogen and oxygen atoms in total. The second kappa shape index (κ2) is 6.91. The molecule has 3 N–H and O–H groups in total. The molecule has 1 saturated carbocycles. The second-order valence-electron chi connectivity index (χ2n) is 5.48. The fourth-order valence-electron chi connectivity index (χ4n) is 2.14. The van der Waals surface area contributed by atoms with E-state index in [9.17, 15) is 14.4 Å². The van der Waals surface area contributed by atoms with Crippen LogP contribution in [0.2, 0.25) is 0 Å². The van der Waals surface area contributed by atoms with Crippen LogP contribution in [0.5, 0.6) is 0 Å². The number of para-hydroxylation sites is 1. The number of aromatic nitrogens is 3. The van der Waals surface area contributed by atoms with Crippen molar-refractivity contribution < 1.29 is 9.59 Å². The fraction of sp³-hybridized carbons (Fsp3) is 0.333. The molecule has 2 aromatic rings. The minimum absolute atomic E-state index is 0.162. The van der Waals surface area contributed by atoms with Crippen LogP contribution in [0.1, 0.15) is 25.8 Å².